The lowest BCUT2D eigenvalue weighted by molar-refractivity contribution is -0.129. The SMILES string of the molecule is CS(=O)(=O)CC(=O)C(CCCCN)NC(=O)C1CCCC1. The van der Waals surface area contributed by atoms with E-state index in [1.807, 2.05) is 0 Å². The molecule has 0 heterocycles. The number of carbonyl (C=O) groups excluding carboxylic acids is 2. The van der Waals surface area contributed by atoms with Crippen LogP contribution in [0.1, 0.15) is 44.9 Å². The highest BCUT2D eigenvalue weighted by atomic mass is 32.2. The predicted molar refractivity (Wildman–Crippen MR) is 81.5 cm³/mol. The monoisotopic (exact) mass is 318 g/mol. The van der Waals surface area contributed by atoms with Crippen LogP contribution in [0, 0.1) is 5.92 Å². The number of ketones is 1. The van der Waals surface area contributed by atoms with Gasteiger partial charge in [-0.05, 0) is 38.6 Å². The Labute approximate surface area is 126 Å². The maximum absolute atomic E-state index is 12.1. The fraction of sp³-hybridized carbons (Fsp3) is 0.857. The van der Waals surface area contributed by atoms with Gasteiger partial charge < -0.3 is 11.1 Å². The minimum absolute atomic E-state index is 0.0342. The first-order chi connectivity index (χ1) is 9.83. The second kappa shape index (κ2) is 8.48. The Morgan fingerprint density at radius 3 is 2.38 bits per heavy atom. The molecule has 21 heavy (non-hydrogen) atoms. The van der Waals surface area contributed by atoms with Crippen LogP contribution in [0.15, 0.2) is 0 Å². The van der Waals surface area contributed by atoms with Crippen molar-refractivity contribution in [3.05, 3.63) is 0 Å². The van der Waals surface area contributed by atoms with E-state index in [9.17, 15) is 18.0 Å². The first-order valence-corrected chi connectivity index (χ1v) is 9.60. The third-order valence-electron chi connectivity index (χ3n) is 3.78. The summed E-state index contributed by atoms with van der Waals surface area (Å²) < 4.78 is 22.5. The van der Waals surface area contributed by atoms with E-state index in [2.05, 4.69) is 5.32 Å². The van der Waals surface area contributed by atoms with E-state index in [1.54, 1.807) is 0 Å². The molecule has 0 spiro atoms. The van der Waals surface area contributed by atoms with Crippen LogP contribution in [0.25, 0.3) is 0 Å². The number of sulfone groups is 1. The number of hydrogen-bond acceptors (Lipinski definition) is 5. The number of hydrogen-bond donors (Lipinski definition) is 2. The third kappa shape index (κ3) is 7.04. The van der Waals surface area contributed by atoms with Crippen LogP contribution in [0.3, 0.4) is 0 Å². The standard InChI is InChI=1S/C14H26N2O4S/c1-21(19,20)10-13(17)12(8-4-5-9-15)16-14(18)11-6-2-3-7-11/h11-12H,2-10,15H2,1H3,(H,16,18). The van der Waals surface area contributed by atoms with Crippen molar-refractivity contribution in [1.82, 2.24) is 5.32 Å². The van der Waals surface area contributed by atoms with Crippen LogP contribution >= 0.6 is 0 Å². The Hall–Kier alpha value is -0.950. The molecule has 0 radical (unpaired) electrons. The number of unbranched alkanes of at least 4 members (excludes halogenated alkanes) is 1. The lowest BCUT2D eigenvalue weighted by atomic mass is 10.0. The van der Waals surface area contributed by atoms with Crippen molar-refractivity contribution in [2.45, 2.75) is 51.0 Å². The van der Waals surface area contributed by atoms with E-state index in [-0.39, 0.29) is 11.8 Å². The zero-order valence-corrected chi connectivity index (χ0v) is 13.5. The van der Waals surface area contributed by atoms with Crippen LogP contribution in [-0.2, 0) is 19.4 Å². The first-order valence-electron chi connectivity index (χ1n) is 7.54. The summed E-state index contributed by atoms with van der Waals surface area (Å²) in [6, 6.07) is -0.709. The Balaban J connectivity index is 2.61. The number of carbonyl (C=O) groups is 2. The largest absolute Gasteiger partial charge is 0.346 e. The van der Waals surface area contributed by atoms with Gasteiger partial charge in [0.1, 0.15) is 5.75 Å². The van der Waals surface area contributed by atoms with E-state index in [0.717, 1.165) is 38.4 Å². The summed E-state index contributed by atoms with van der Waals surface area (Å²) in [6.45, 7) is 0.517. The van der Waals surface area contributed by atoms with E-state index in [4.69, 9.17) is 5.73 Å². The second-order valence-corrected chi connectivity index (χ2v) is 8.00. The molecule has 0 aliphatic heterocycles. The summed E-state index contributed by atoms with van der Waals surface area (Å²) in [6.07, 6.45) is 6.69. The number of nitrogens with two attached hydrogens (primary N) is 1. The Kier molecular flexibility index (Phi) is 7.31. The van der Waals surface area contributed by atoms with Gasteiger partial charge in [-0.1, -0.05) is 12.8 Å². The van der Waals surface area contributed by atoms with Gasteiger partial charge in [-0.25, -0.2) is 8.42 Å². The second-order valence-electron chi connectivity index (χ2n) is 5.86. The highest BCUT2D eigenvalue weighted by Gasteiger charge is 2.28. The van der Waals surface area contributed by atoms with E-state index < -0.39 is 27.4 Å². The summed E-state index contributed by atoms with van der Waals surface area (Å²) in [7, 11) is -3.38. The molecule has 1 rings (SSSR count). The zero-order valence-electron chi connectivity index (χ0n) is 12.6. The summed E-state index contributed by atoms with van der Waals surface area (Å²) in [4.78, 5) is 24.2. The number of amides is 1. The minimum atomic E-state index is -3.38. The molecule has 1 aliphatic carbocycles. The summed E-state index contributed by atoms with van der Waals surface area (Å²) in [5.74, 6) is -1.10. The molecule has 122 valence electrons. The molecule has 0 bridgehead atoms. The lowest BCUT2D eigenvalue weighted by Gasteiger charge is -2.19. The van der Waals surface area contributed by atoms with Crippen LogP contribution in [0.2, 0.25) is 0 Å². The molecule has 0 saturated heterocycles. The van der Waals surface area contributed by atoms with Gasteiger partial charge in [0, 0.05) is 12.2 Å². The highest BCUT2D eigenvalue weighted by molar-refractivity contribution is 7.91. The molecule has 0 aromatic carbocycles. The van der Waals surface area contributed by atoms with Gasteiger partial charge in [0.2, 0.25) is 5.91 Å². The van der Waals surface area contributed by atoms with Crippen molar-refractivity contribution < 1.29 is 18.0 Å². The van der Waals surface area contributed by atoms with Crippen LogP contribution in [-0.4, -0.2) is 44.7 Å². The van der Waals surface area contributed by atoms with E-state index >= 15 is 0 Å². The van der Waals surface area contributed by atoms with Gasteiger partial charge in [-0.3, -0.25) is 9.59 Å². The Bertz CT molecular complexity index is 456. The zero-order chi connectivity index (χ0) is 15.9. The molecule has 1 saturated carbocycles. The summed E-state index contributed by atoms with van der Waals surface area (Å²) in [5.41, 5.74) is 5.43. The predicted octanol–water partition coefficient (Wildman–Crippen LogP) is 0.404. The number of nitrogens with one attached hydrogen (secondary N) is 1. The molecule has 1 amide bonds. The van der Waals surface area contributed by atoms with Crippen LogP contribution in [0.4, 0.5) is 0 Å². The van der Waals surface area contributed by atoms with Crippen molar-refractivity contribution in [3.63, 3.8) is 0 Å². The van der Waals surface area contributed by atoms with Crippen molar-refractivity contribution in [1.29, 1.82) is 0 Å². The van der Waals surface area contributed by atoms with Gasteiger partial charge in [-0.15, -0.1) is 0 Å². The fourth-order valence-corrected chi connectivity index (χ4v) is 3.36. The molecule has 1 unspecified atom stereocenters. The smallest absolute Gasteiger partial charge is 0.223 e. The summed E-state index contributed by atoms with van der Waals surface area (Å²) in [5, 5.41) is 2.75. The maximum atomic E-state index is 12.1. The molecule has 1 aliphatic rings. The molecule has 1 fully saturated rings. The minimum Gasteiger partial charge on any atom is -0.346 e. The van der Waals surface area contributed by atoms with Crippen LogP contribution < -0.4 is 11.1 Å². The quantitative estimate of drug-likeness (QED) is 0.599. The average Bonchev–Trinajstić information content (AvgIpc) is 2.89. The fourth-order valence-electron chi connectivity index (χ4n) is 2.64. The van der Waals surface area contributed by atoms with Gasteiger partial charge in [0.25, 0.3) is 0 Å². The number of Topliss-reactive ketones (excluding diaryl/α,β-unsaturated/α-hetero) is 1. The van der Waals surface area contributed by atoms with Gasteiger partial charge >= 0.3 is 0 Å². The Morgan fingerprint density at radius 2 is 1.86 bits per heavy atom. The van der Waals surface area contributed by atoms with Crippen LogP contribution in [0.5, 0.6) is 0 Å². The molecule has 0 aromatic rings. The summed E-state index contributed by atoms with van der Waals surface area (Å²) >= 11 is 0. The van der Waals surface area contributed by atoms with Crippen molar-refractivity contribution in [2.75, 3.05) is 18.6 Å². The lowest BCUT2D eigenvalue weighted by Crippen LogP contribution is -2.45. The molecular weight excluding hydrogens is 292 g/mol. The molecular formula is C14H26N2O4S. The molecule has 0 aromatic heterocycles. The van der Waals surface area contributed by atoms with Crippen molar-refractivity contribution >= 4 is 21.5 Å². The Morgan fingerprint density at radius 1 is 1.24 bits per heavy atom. The average molecular weight is 318 g/mol. The molecule has 1 atom stereocenters. The van der Waals surface area contributed by atoms with Crippen molar-refractivity contribution in [3.8, 4) is 0 Å². The normalized spacial score (nSPS) is 17.6. The van der Waals surface area contributed by atoms with Crippen molar-refractivity contribution in [2.24, 2.45) is 11.7 Å². The highest BCUT2D eigenvalue weighted by Crippen LogP contribution is 2.25. The third-order valence-corrected chi connectivity index (χ3v) is 4.59. The van der Waals surface area contributed by atoms with Gasteiger partial charge in [-0.2, -0.15) is 0 Å². The van der Waals surface area contributed by atoms with Gasteiger partial charge in [0.15, 0.2) is 15.6 Å². The molecule has 7 heteroatoms. The maximum Gasteiger partial charge on any atom is 0.223 e. The van der Waals surface area contributed by atoms with E-state index in [1.165, 1.54) is 0 Å². The van der Waals surface area contributed by atoms with E-state index in [0.29, 0.717) is 19.4 Å². The molecule has 6 nitrogen and oxygen atoms in total. The number of rotatable bonds is 9. The first kappa shape index (κ1) is 18.1. The molecule has 3 N–H and O–H groups in total. The van der Waals surface area contributed by atoms with Gasteiger partial charge in [0.05, 0.1) is 6.04 Å². The topological polar surface area (TPSA) is 106 Å².